The van der Waals surface area contributed by atoms with E-state index in [4.69, 9.17) is 17.3 Å². The first-order chi connectivity index (χ1) is 6.66. The van der Waals surface area contributed by atoms with Gasteiger partial charge in [-0.05, 0) is 42.4 Å². The Morgan fingerprint density at radius 3 is 3.00 bits per heavy atom. The normalized spacial score (nSPS) is 13.9. The van der Waals surface area contributed by atoms with E-state index in [2.05, 4.69) is 10.0 Å². The number of anilines is 1. The Hall–Kier alpha value is -1.27. The third-order valence-electron chi connectivity index (χ3n) is 1.73. The molecule has 0 amide bonds. The van der Waals surface area contributed by atoms with Crippen LogP contribution >= 0.6 is 24.2 Å². The van der Waals surface area contributed by atoms with Gasteiger partial charge in [0.15, 0.2) is 5.11 Å². The van der Waals surface area contributed by atoms with Gasteiger partial charge in [0.2, 0.25) is 0 Å². The largest absolute Gasteiger partial charge is 0.478 e. The molecule has 1 heterocycles. The molecule has 0 saturated heterocycles. The number of rotatable bonds is 1. The van der Waals surface area contributed by atoms with Gasteiger partial charge in [-0.25, -0.2) is 4.79 Å². The Balaban J connectivity index is 2.42. The number of hydrogen-bond donors (Lipinski definition) is 3. The van der Waals surface area contributed by atoms with E-state index >= 15 is 0 Å². The monoisotopic (exact) mass is 226 g/mol. The van der Waals surface area contributed by atoms with Crippen LogP contribution in [-0.2, 0) is 0 Å². The van der Waals surface area contributed by atoms with Crippen molar-refractivity contribution < 1.29 is 9.90 Å². The maximum absolute atomic E-state index is 10.7. The molecule has 0 unspecified atom stereocenters. The predicted octanol–water partition coefficient (Wildman–Crippen LogP) is 1.69. The second-order valence-electron chi connectivity index (χ2n) is 2.67. The average Bonchev–Trinajstić information content (AvgIpc) is 2.16. The molecule has 1 aliphatic heterocycles. The number of carbonyl (C=O) groups is 1. The van der Waals surface area contributed by atoms with Crippen molar-refractivity contribution in [2.24, 2.45) is 0 Å². The number of fused-ring (bicyclic) bond motifs is 1. The van der Waals surface area contributed by atoms with Gasteiger partial charge in [0.1, 0.15) is 0 Å². The molecule has 14 heavy (non-hydrogen) atoms. The van der Waals surface area contributed by atoms with Gasteiger partial charge in [0.05, 0.1) is 16.1 Å². The number of nitrogens with one attached hydrogen (secondary N) is 2. The van der Waals surface area contributed by atoms with Crippen molar-refractivity contribution >= 4 is 40.9 Å². The van der Waals surface area contributed by atoms with Crippen molar-refractivity contribution in [3.63, 3.8) is 0 Å². The number of carboxylic acids is 1. The SMILES string of the molecule is O=C(O)c1ccc2c(c1)NC(=S)NS2. The van der Waals surface area contributed by atoms with E-state index < -0.39 is 5.97 Å². The van der Waals surface area contributed by atoms with Crippen LogP contribution in [0, 0.1) is 0 Å². The zero-order chi connectivity index (χ0) is 10.1. The highest BCUT2D eigenvalue weighted by Gasteiger charge is 2.14. The topological polar surface area (TPSA) is 61.4 Å². The fourth-order valence-electron chi connectivity index (χ4n) is 1.10. The van der Waals surface area contributed by atoms with Crippen molar-refractivity contribution in [2.45, 2.75) is 4.90 Å². The van der Waals surface area contributed by atoms with Crippen LogP contribution in [0.3, 0.4) is 0 Å². The minimum absolute atomic E-state index is 0.251. The summed E-state index contributed by atoms with van der Waals surface area (Å²) >= 11 is 6.27. The van der Waals surface area contributed by atoms with E-state index in [1.54, 1.807) is 18.2 Å². The van der Waals surface area contributed by atoms with Crippen LogP contribution < -0.4 is 10.0 Å². The lowest BCUT2D eigenvalue weighted by Gasteiger charge is -2.19. The molecule has 0 aliphatic carbocycles. The zero-order valence-electron chi connectivity index (χ0n) is 6.90. The van der Waals surface area contributed by atoms with E-state index in [1.165, 1.54) is 11.9 Å². The van der Waals surface area contributed by atoms with Gasteiger partial charge >= 0.3 is 5.97 Å². The third kappa shape index (κ3) is 1.66. The quantitative estimate of drug-likeness (QED) is 0.500. The van der Waals surface area contributed by atoms with E-state index in [1.807, 2.05) is 0 Å². The molecule has 1 aliphatic rings. The molecule has 0 saturated carbocycles. The Morgan fingerprint density at radius 1 is 1.50 bits per heavy atom. The number of aromatic carboxylic acids is 1. The first kappa shape index (κ1) is 9.29. The molecule has 0 fully saturated rings. The van der Waals surface area contributed by atoms with Crippen LogP contribution in [0.2, 0.25) is 0 Å². The Labute approximate surface area is 89.8 Å². The summed E-state index contributed by atoms with van der Waals surface area (Å²) in [6.07, 6.45) is 0. The fourth-order valence-corrected chi connectivity index (χ4v) is 1.94. The summed E-state index contributed by atoms with van der Waals surface area (Å²) in [6, 6.07) is 4.87. The highest BCUT2D eigenvalue weighted by Crippen LogP contribution is 2.29. The maximum atomic E-state index is 10.7. The maximum Gasteiger partial charge on any atom is 0.335 e. The molecule has 72 valence electrons. The lowest BCUT2D eigenvalue weighted by atomic mass is 10.2. The molecule has 0 spiro atoms. The molecule has 0 radical (unpaired) electrons. The Bertz CT molecular complexity index is 420. The minimum Gasteiger partial charge on any atom is -0.478 e. The molecule has 6 heteroatoms. The molecule has 1 aromatic rings. The first-order valence-electron chi connectivity index (χ1n) is 3.78. The number of carboxylic acid groups (broad SMARTS) is 1. The van der Waals surface area contributed by atoms with Gasteiger partial charge in [-0.3, -0.25) is 0 Å². The summed E-state index contributed by atoms with van der Waals surface area (Å²) in [5, 5.41) is 12.2. The molecule has 2 rings (SSSR count). The van der Waals surface area contributed by atoms with Gasteiger partial charge in [-0.1, -0.05) is 0 Å². The molecule has 1 aromatic carbocycles. The predicted molar refractivity (Wildman–Crippen MR) is 58.6 cm³/mol. The van der Waals surface area contributed by atoms with Crippen molar-refractivity contribution in [2.75, 3.05) is 5.32 Å². The summed E-state index contributed by atoms with van der Waals surface area (Å²) in [5.41, 5.74) is 0.986. The van der Waals surface area contributed by atoms with Crippen LogP contribution in [0.5, 0.6) is 0 Å². The lowest BCUT2D eigenvalue weighted by molar-refractivity contribution is 0.0697. The second-order valence-corrected chi connectivity index (χ2v) is 3.93. The average molecular weight is 226 g/mol. The van der Waals surface area contributed by atoms with Gasteiger partial charge in [-0.15, -0.1) is 0 Å². The zero-order valence-corrected chi connectivity index (χ0v) is 8.54. The van der Waals surface area contributed by atoms with Gasteiger partial charge < -0.3 is 15.1 Å². The summed E-state index contributed by atoms with van der Waals surface area (Å²) in [5.74, 6) is -0.941. The van der Waals surface area contributed by atoms with Gasteiger partial charge in [-0.2, -0.15) is 0 Å². The van der Waals surface area contributed by atoms with Crippen LogP contribution in [0.15, 0.2) is 23.1 Å². The van der Waals surface area contributed by atoms with E-state index in [9.17, 15) is 4.79 Å². The minimum atomic E-state index is -0.941. The molecular weight excluding hydrogens is 220 g/mol. The van der Waals surface area contributed by atoms with Crippen molar-refractivity contribution in [1.82, 2.24) is 4.72 Å². The molecule has 0 bridgehead atoms. The second kappa shape index (κ2) is 3.47. The summed E-state index contributed by atoms with van der Waals surface area (Å²) < 4.78 is 2.88. The highest BCUT2D eigenvalue weighted by atomic mass is 32.2. The van der Waals surface area contributed by atoms with Crippen LogP contribution in [0.4, 0.5) is 5.69 Å². The van der Waals surface area contributed by atoms with Gasteiger partial charge in [0, 0.05) is 0 Å². The summed E-state index contributed by atoms with van der Waals surface area (Å²) in [7, 11) is 0. The van der Waals surface area contributed by atoms with Crippen LogP contribution in [0.25, 0.3) is 0 Å². The fraction of sp³-hybridized carbons (Fsp3) is 0. The summed E-state index contributed by atoms with van der Waals surface area (Å²) in [6.45, 7) is 0. The smallest absolute Gasteiger partial charge is 0.335 e. The van der Waals surface area contributed by atoms with Crippen molar-refractivity contribution in [3.05, 3.63) is 23.8 Å². The number of benzene rings is 1. The van der Waals surface area contributed by atoms with Crippen molar-refractivity contribution in [1.29, 1.82) is 0 Å². The van der Waals surface area contributed by atoms with E-state index in [0.717, 1.165) is 10.6 Å². The first-order valence-corrected chi connectivity index (χ1v) is 5.00. The highest BCUT2D eigenvalue weighted by molar-refractivity contribution is 7.99. The Morgan fingerprint density at radius 2 is 2.29 bits per heavy atom. The standard InChI is InChI=1S/C8H6N2O2S2/c11-7(12)4-1-2-6-5(3-4)9-8(13)10-14-6/h1-3H,(H,11,12)(H2,9,10,13). The van der Waals surface area contributed by atoms with E-state index in [-0.39, 0.29) is 5.56 Å². The molecule has 4 nitrogen and oxygen atoms in total. The third-order valence-corrected chi connectivity index (χ3v) is 2.94. The molecule has 0 aromatic heterocycles. The van der Waals surface area contributed by atoms with Crippen LogP contribution in [0.1, 0.15) is 10.4 Å². The molecule has 0 atom stereocenters. The van der Waals surface area contributed by atoms with Crippen molar-refractivity contribution in [3.8, 4) is 0 Å². The number of hydrogen-bond acceptors (Lipinski definition) is 3. The Kier molecular flexibility index (Phi) is 2.30. The van der Waals surface area contributed by atoms with Gasteiger partial charge in [0.25, 0.3) is 0 Å². The molecular formula is C8H6N2O2S2. The molecule has 3 N–H and O–H groups in total. The summed E-state index contributed by atoms with van der Waals surface area (Å²) in [4.78, 5) is 11.6. The number of thiocarbonyl (C=S) groups is 1. The van der Waals surface area contributed by atoms with Crippen LogP contribution in [-0.4, -0.2) is 16.2 Å². The lowest BCUT2D eigenvalue weighted by Crippen LogP contribution is -2.26. The van der Waals surface area contributed by atoms with E-state index in [0.29, 0.717) is 5.11 Å².